The van der Waals surface area contributed by atoms with Crippen LogP contribution in [-0.2, 0) is 0 Å². The number of benzene rings is 1. The Kier molecular flexibility index (Phi) is 5.13. The number of nitrogens with two attached hydrogens (primary N) is 2. The lowest BCUT2D eigenvalue weighted by Gasteiger charge is -2.14. The molecule has 0 bridgehead atoms. The van der Waals surface area contributed by atoms with Gasteiger partial charge in [0, 0.05) is 18.5 Å². The highest BCUT2D eigenvalue weighted by molar-refractivity contribution is 6.31. The number of halogens is 1. The predicted octanol–water partition coefficient (Wildman–Crippen LogP) is 0.355. The van der Waals surface area contributed by atoms with Gasteiger partial charge in [0.25, 0.3) is 0 Å². The second-order valence-electron chi connectivity index (χ2n) is 3.79. The Labute approximate surface area is 117 Å². The second kappa shape index (κ2) is 6.39. The first-order valence-corrected chi connectivity index (χ1v) is 5.70. The topological polar surface area (TPSA) is 108 Å². The van der Waals surface area contributed by atoms with E-state index in [2.05, 4.69) is 4.99 Å². The lowest BCUT2D eigenvalue weighted by molar-refractivity contribution is 0.148. The smallest absolute Gasteiger partial charge is 0.148 e. The van der Waals surface area contributed by atoms with E-state index in [-0.39, 0.29) is 6.54 Å². The number of aliphatic imine (C=N–C) groups is 1. The molecule has 0 aliphatic carbocycles. The molecule has 0 aliphatic heterocycles. The van der Waals surface area contributed by atoms with Gasteiger partial charge in [0.1, 0.15) is 19.5 Å². The fourth-order valence-corrected chi connectivity index (χ4v) is 1.40. The largest absolute Gasteiger partial charge is 0.398 e. The van der Waals surface area contributed by atoms with Crippen LogP contribution in [0.2, 0.25) is 5.02 Å². The molecule has 0 heterocycles. The summed E-state index contributed by atoms with van der Waals surface area (Å²) in [7, 11) is 5.31. The predicted molar refractivity (Wildman–Crippen MR) is 76.6 cm³/mol. The summed E-state index contributed by atoms with van der Waals surface area (Å²) in [5.41, 5.74) is 10.6. The quantitative estimate of drug-likeness (QED) is 0.544. The average molecular weight is 275 g/mol. The van der Waals surface area contributed by atoms with Crippen molar-refractivity contribution in [1.29, 1.82) is 5.26 Å². The standard InChI is InChI=1S/C12H12BClN4O/c13-12(19,7-16)18-4-3-11(17)8-1-2-9(6-15)10(14)5-8/h1-5,19H,7,16-17H2. The molecule has 0 saturated heterocycles. The Morgan fingerprint density at radius 2 is 2.32 bits per heavy atom. The van der Waals surface area contributed by atoms with Gasteiger partial charge >= 0.3 is 0 Å². The van der Waals surface area contributed by atoms with Crippen molar-refractivity contribution >= 4 is 31.4 Å². The van der Waals surface area contributed by atoms with Gasteiger partial charge in [0.2, 0.25) is 0 Å². The van der Waals surface area contributed by atoms with E-state index in [1.165, 1.54) is 12.3 Å². The molecule has 1 aromatic rings. The van der Waals surface area contributed by atoms with Crippen LogP contribution in [0, 0.1) is 11.3 Å². The molecule has 1 atom stereocenters. The van der Waals surface area contributed by atoms with Crippen molar-refractivity contribution < 1.29 is 5.11 Å². The number of hydrogen-bond donors (Lipinski definition) is 3. The summed E-state index contributed by atoms with van der Waals surface area (Å²) >= 11 is 5.89. The molecule has 0 amide bonds. The monoisotopic (exact) mass is 274 g/mol. The molecule has 5 N–H and O–H groups in total. The average Bonchev–Trinajstić information content (AvgIpc) is 2.38. The number of hydrogen-bond acceptors (Lipinski definition) is 5. The third kappa shape index (κ3) is 4.41. The van der Waals surface area contributed by atoms with Gasteiger partial charge in [-0.15, -0.1) is 0 Å². The number of aliphatic hydroxyl groups is 1. The van der Waals surface area contributed by atoms with E-state index < -0.39 is 5.62 Å². The van der Waals surface area contributed by atoms with Crippen molar-refractivity contribution in [2.75, 3.05) is 6.54 Å². The molecule has 0 fully saturated rings. The minimum absolute atomic E-state index is 0.208. The van der Waals surface area contributed by atoms with Gasteiger partial charge in [-0.1, -0.05) is 17.7 Å². The van der Waals surface area contributed by atoms with Gasteiger partial charge in [-0.05, 0) is 23.8 Å². The van der Waals surface area contributed by atoms with Crippen LogP contribution in [0.5, 0.6) is 0 Å². The molecule has 0 saturated carbocycles. The van der Waals surface area contributed by atoms with Gasteiger partial charge in [-0.25, -0.2) is 0 Å². The Bertz CT molecular complexity index is 563. The summed E-state index contributed by atoms with van der Waals surface area (Å²) in [6.07, 6.45) is 2.71. The molecule has 1 rings (SSSR count). The Morgan fingerprint density at radius 3 is 2.84 bits per heavy atom. The van der Waals surface area contributed by atoms with Crippen LogP contribution in [0.3, 0.4) is 0 Å². The van der Waals surface area contributed by atoms with E-state index in [9.17, 15) is 5.11 Å². The van der Waals surface area contributed by atoms with Crippen LogP contribution in [0.25, 0.3) is 5.70 Å². The summed E-state index contributed by atoms with van der Waals surface area (Å²) in [5.74, 6) is 0. The zero-order valence-electron chi connectivity index (χ0n) is 10.0. The molecule has 5 nitrogen and oxygen atoms in total. The molecule has 19 heavy (non-hydrogen) atoms. The molecule has 96 valence electrons. The van der Waals surface area contributed by atoms with Crippen molar-refractivity contribution in [2.24, 2.45) is 16.5 Å². The van der Waals surface area contributed by atoms with Crippen LogP contribution >= 0.6 is 11.6 Å². The zero-order chi connectivity index (χ0) is 14.5. The Balaban J connectivity index is 2.92. The first kappa shape index (κ1) is 15.3. The van der Waals surface area contributed by atoms with Crippen molar-refractivity contribution in [2.45, 2.75) is 5.62 Å². The number of rotatable bonds is 4. The van der Waals surface area contributed by atoms with Gasteiger partial charge in [-0.2, -0.15) is 5.26 Å². The second-order valence-corrected chi connectivity index (χ2v) is 4.20. The highest BCUT2D eigenvalue weighted by atomic mass is 35.5. The maximum atomic E-state index is 9.35. The Hall–Kier alpha value is -1.81. The fourth-order valence-electron chi connectivity index (χ4n) is 1.18. The minimum atomic E-state index is -1.81. The van der Waals surface area contributed by atoms with E-state index in [1.807, 2.05) is 6.07 Å². The maximum absolute atomic E-state index is 9.35. The lowest BCUT2D eigenvalue weighted by atomic mass is 9.92. The molecule has 1 aromatic carbocycles. The lowest BCUT2D eigenvalue weighted by Crippen LogP contribution is -2.35. The van der Waals surface area contributed by atoms with E-state index >= 15 is 0 Å². The fraction of sp³-hybridized carbons (Fsp3) is 0.167. The number of nitriles is 1. The number of allylic oxidation sites excluding steroid dienone is 1. The molecule has 0 spiro atoms. The summed E-state index contributed by atoms with van der Waals surface area (Å²) in [6.45, 7) is -0.208. The van der Waals surface area contributed by atoms with Crippen molar-refractivity contribution in [1.82, 2.24) is 0 Å². The third-order valence-electron chi connectivity index (χ3n) is 2.28. The molecule has 0 aromatic heterocycles. The zero-order valence-corrected chi connectivity index (χ0v) is 10.8. The van der Waals surface area contributed by atoms with Crippen molar-refractivity contribution in [3.63, 3.8) is 0 Å². The summed E-state index contributed by atoms with van der Waals surface area (Å²) < 4.78 is 0. The summed E-state index contributed by atoms with van der Waals surface area (Å²) in [4.78, 5) is 3.64. The van der Waals surface area contributed by atoms with Crippen molar-refractivity contribution in [3.8, 4) is 6.07 Å². The molecular formula is C12H12BClN4O. The first-order valence-electron chi connectivity index (χ1n) is 5.32. The Morgan fingerprint density at radius 1 is 1.63 bits per heavy atom. The highest BCUT2D eigenvalue weighted by Gasteiger charge is 2.12. The van der Waals surface area contributed by atoms with Crippen molar-refractivity contribution in [3.05, 3.63) is 40.4 Å². The van der Waals surface area contributed by atoms with Gasteiger partial charge in [-0.3, -0.25) is 4.99 Å². The van der Waals surface area contributed by atoms with E-state index in [4.69, 9.17) is 36.2 Å². The van der Waals surface area contributed by atoms with Gasteiger partial charge in [0.05, 0.1) is 10.6 Å². The van der Waals surface area contributed by atoms with E-state index in [0.717, 1.165) is 0 Å². The van der Waals surface area contributed by atoms with Crippen LogP contribution in [0.4, 0.5) is 0 Å². The van der Waals surface area contributed by atoms with E-state index in [1.54, 1.807) is 18.2 Å². The van der Waals surface area contributed by atoms with Crippen LogP contribution < -0.4 is 11.5 Å². The summed E-state index contributed by atoms with van der Waals surface area (Å²) in [6, 6.07) is 6.74. The molecule has 0 aliphatic rings. The normalized spacial score (nSPS) is 15.2. The maximum Gasteiger partial charge on any atom is 0.148 e. The van der Waals surface area contributed by atoms with Gasteiger partial charge in [0.15, 0.2) is 0 Å². The van der Waals surface area contributed by atoms with Crippen LogP contribution in [0.15, 0.2) is 29.3 Å². The molecule has 1 unspecified atom stereocenters. The summed E-state index contributed by atoms with van der Waals surface area (Å²) in [5, 5.41) is 18.4. The molecule has 2 radical (unpaired) electrons. The van der Waals surface area contributed by atoms with Crippen LogP contribution in [-0.4, -0.2) is 31.3 Å². The van der Waals surface area contributed by atoms with Crippen LogP contribution in [0.1, 0.15) is 11.1 Å². The highest BCUT2D eigenvalue weighted by Crippen LogP contribution is 2.19. The van der Waals surface area contributed by atoms with E-state index in [0.29, 0.717) is 21.8 Å². The third-order valence-corrected chi connectivity index (χ3v) is 2.59. The molecule has 7 heteroatoms. The number of nitrogens with zero attached hydrogens (tertiary/aromatic N) is 2. The minimum Gasteiger partial charge on any atom is -0.398 e. The first-order chi connectivity index (χ1) is 8.89. The SMILES string of the molecule is [B]C(O)(CN)N=CC=C(N)c1ccc(C#N)c(Cl)c1. The van der Waals surface area contributed by atoms with Gasteiger partial charge < -0.3 is 16.6 Å². The molecular weight excluding hydrogens is 262 g/mol.